The average Bonchev–Trinajstić information content (AvgIpc) is 2.91. The molecule has 0 unspecified atom stereocenters. The Morgan fingerprint density at radius 3 is 2.33 bits per heavy atom. The summed E-state index contributed by atoms with van der Waals surface area (Å²) in [5.74, 6) is -1.84. The Labute approximate surface area is 135 Å². The van der Waals surface area contributed by atoms with Gasteiger partial charge in [0.15, 0.2) is 0 Å². The zero-order valence-corrected chi connectivity index (χ0v) is 12.6. The van der Waals surface area contributed by atoms with Crippen molar-refractivity contribution in [3.05, 3.63) is 53.6 Å². The number of alkyl halides is 3. The van der Waals surface area contributed by atoms with E-state index in [0.717, 1.165) is 17.0 Å². The number of carbonyl (C=O) groups excluding carboxylic acids is 1. The summed E-state index contributed by atoms with van der Waals surface area (Å²) in [6.45, 7) is -0.726. The molecule has 1 N–H and O–H groups in total. The van der Waals surface area contributed by atoms with Gasteiger partial charge in [0.2, 0.25) is 0 Å². The summed E-state index contributed by atoms with van der Waals surface area (Å²) < 4.78 is 39.2. The second-order valence-corrected chi connectivity index (χ2v) is 5.17. The summed E-state index contributed by atoms with van der Waals surface area (Å²) in [7, 11) is 1.65. The lowest BCUT2D eigenvalue weighted by Gasteiger charge is -2.20. The van der Waals surface area contributed by atoms with Crippen LogP contribution in [0.15, 0.2) is 36.8 Å². The number of halogens is 3. The quantitative estimate of drug-likeness (QED) is 0.904. The number of carboxylic acids is 1. The lowest BCUT2D eigenvalue weighted by Crippen LogP contribution is -2.35. The Bertz CT molecular complexity index is 738. The molecule has 0 atom stereocenters. The number of carboxylic acid groups (broad SMARTS) is 1. The van der Waals surface area contributed by atoms with E-state index in [1.807, 2.05) is 0 Å². The summed E-state index contributed by atoms with van der Waals surface area (Å²) >= 11 is 0. The molecule has 0 bridgehead atoms. The van der Waals surface area contributed by atoms with Gasteiger partial charge in [0.05, 0.1) is 11.9 Å². The Hall–Kier alpha value is -2.84. The fourth-order valence-electron chi connectivity index (χ4n) is 2.07. The minimum Gasteiger partial charge on any atom is -0.480 e. The van der Waals surface area contributed by atoms with Crippen molar-refractivity contribution in [1.82, 2.24) is 14.5 Å². The molecule has 0 aliphatic heterocycles. The van der Waals surface area contributed by atoms with Crippen LogP contribution in [0.1, 0.15) is 21.6 Å². The smallest absolute Gasteiger partial charge is 0.416 e. The van der Waals surface area contributed by atoms with Crippen LogP contribution in [0.25, 0.3) is 0 Å². The van der Waals surface area contributed by atoms with Crippen molar-refractivity contribution < 1.29 is 27.9 Å². The Kier molecular flexibility index (Phi) is 4.91. The molecule has 128 valence electrons. The first kappa shape index (κ1) is 17.5. The van der Waals surface area contributed by atoms with E-state index in [-0.39, 0.29) is 12.2 Å². The van der Waals surface area contributed by atoms with E-state index in [9.17, 15) is 22.8 Å². The molecule has 2 rings (SSSR count). The third-order valence-corrected chi connectivity index (χ3v) is 3.19. The van der Waals surface area contributed by atoms with Crippen LogP contribution < -0.4 is 0 Å². The van der Waals surface area contributed by atoms with Gasteiger partial charge in [0, 0.05) is 19.8 Å². The molecule has 6 nitrogen and oxygen atoms in total. The zero-order chi connectivity index (χ0) is 17.9. The molecule has 1 aromatic carbocycles. The predicted molar refractivity (Wildman–Crippen MR) is 77.0 cm³/mol. The topological polar surface area (TPSA) is 75.4 Å². The SMILES string of the molecule is Cn1cnc(C(=O)N(CC(=O)O)Cc2ccc(C(F)(F)F)cc2)c1. The van der Waals surface area contributed by atoms with Gasteiger partial charge in [0.25, 0.3) is 5.91 Å². The van der Waals surface area contributed by atoms with Gasteiger partial charge >= 0.3 is 12.1 Å². The molecule has 1 aromatic heterocycles. The minimum atomic E-state index is -4.46. The van der Waals surface area contributed by atoms with E-state index < -0.39 is 30.2 Å². The largest absolute Gasteiger partial charge is 0.480 e. The normalized spacial score (nSPS) is 11.3. The number of aliphatic carboxylic acids is 1. The van der Waals surface area contributed by atoms with Crippen molar-refractivity contribution >= 4 is 11.9 Å². The Morgan fingerprint density at radius 1 is 1.25 bits per heavy atom. The lowest BCUT2D eigenvalue weighted by molar-refractivity contribution is -0.138. The van der Waals surface area contributed by atoms with Crippen LogP contribution in [0.4, 0.5) is 13.2 Å². The van der Waals surface area contributed by atoms with Crippen LogP contribution in [-0.2, 0) is 24.6 Å². The molecule has 0 aliphatic rings. The Balaban J connectivity index is 2.19. The third kappa shape index (κ3) is 4.34. The van der Waals surface area contributed by atoms with Gasteiger partial charge in [-0.05, 0) is 17.7 Å². The fourth-order valence-corrected chi connectivity index (χ4v) is 2.07. The van der Waals surface area contributed by atoms with E-state index in [2.05, 4.69) is 4.98 Å². The van der Waals surface area contributed by atoms with Crippen molar-refractivity contribution in [1.29, 1.82) is 0 Å². The van der Waals surface area contributed by atoms with Gasteiger partial charge in [-0.3, -0.25) is 9.59 Å². The van der Waals surface area contributed by atoms with E-state index >= 15 is 0 Å². The second kappa shape index (κ2) is 6.73. The summed E-state index contributed by atoms with van der Waals surface area (Å²) in [4.78, 5) is 28.2. The standard InChI is InChI=1S/C15H14F3N3O3/c1-20-7-12(19-9-20)14(24)21(8-13(22)23)6-10-2-4-11(5-3-10)15(16,17)18/h2-5,7,9H,6,8H2,1H3,(H,22,23). The van der Waals surface area contributed by atoms with Crippen LogP contribution in [0.5, 0.6) is 0 Å². The van der Waals surface area contributed by atoms with Crippen LogP contribution >= 0.6 is 0 Å². The molecular formula is C15H14F3N3O3. The van der Waals surface area contributed by atoms with Gasteiger partial charge in [0.1, 0.15) is 12.2 Å². The first-order valence-electron chi connectivity index (χ1n) is 6.82. The highest BCUT2D eigenvalue weighted by atomic mass is 19.4. The molecule has 0 spiro atoms. The number of rotatable bonds is 5. The summed E-state index contributed by atoms with van der Waals surface area (Å²) in [6.07, 6.45) is -1.63. The molecule has 0 radical (unpaired) electrons. The first-order chi connectivity index (χ1) is 11.2. The van der Waals surface area contributed by atoms with Gasteiger partial charge < -0.3 is 14.6 Å². The number of nitrogens with zero attached hydrogens (tertiary/aromatic N) is 3. The molecule has 1 heterocycles. The van der Waals surface area contributed by atoms with Gasteiger partial charge in [-0.1, -0.05) is 12.1 Å². The van der Waals surface area contributed by atoms with Gasteiger partial charge in [-0.25, -0.2) is 4.98 Å². The number of aromatic nitrogens is 2. The third-order valence-electron chi connectivity index (χ3n) is 3.19. The number of aryl methyl sites for hydroxylation is 1. The monoisotopic (exact) mass is 341 g/mol. The number of carbonyl (C=O) groups is 2. The number of benzene rings is 1. The summed E-state index contributed by atoms with van der Waals surface area (Å²) in [6, 6.07) is 4.20. The number of amides is 1. The van der Waals surface area contributed by atoms with E-state index in [4.69, 9.17) is 5.11 Å². The zero-order valence-electron chi connectivity index (χ0n) is 12.6. The molecule has 0 saturated heterocycles. The Morgan fingerprint density at radius 2 is 1.88 bits per heavy atom. The van der Waals surface area contributed by atoms with Gasteiger partial charge in [-0.15, -0.1) is 0 Å². The van der Waals surface area contributed by atoms with Crippen LogP contribution in [0, 0.1) is 0 Å². The lowest BCUT2D eigenvalue weighted by atomic mass is 10.1. The van der Waals surface area contributed by atoms with Gasteiger partial charge in [-0.2, -0.15) is 13.2 Å². The number of imidazole rings is 1. The molecule has 0 saturated carbocycles. The molecule has 2 aromatic rings. The highest BCUT2D eigenvalue weighted by molar-refractivity contribution is 5.93. The minimum absolute atomic E-state index is 0.0608. The van der Waals surface area contributed by atoms with E-state index in [1.165, 1.54) is 29.2 Å². The average molecular weight is 341 g/mol. The maximum atomic E-state index is 12.6. The van der Waals surface area contributed by atoms with Crippen molar-refractivity contribution in [2.24, 2.45) is 7.05 Å². The van der Waals surface area contributed by atoms with Crippen LogP contribution in [-0.4, -0.2) is 38.0 Å². The number of hydrogen-bond donors (Lipinski definition) is 1. The maximum absolute atomic E-state index is 12.6. The summed E-state index contributed by atoms with van der Waals surface area (Å²) in [5, 5.41) is 8.95. The highest BCUT2D eigenvalue weighted by Crippen LogP contribution is 2.29. The first-order valence-corrected chi connectivity index (χ1v) is 6.82. The second-order valence-electron chi connectivity index (χ2n) is 5.17. The predicted octanol–water partition coefficient (Wildman–Crippen LogP) is 2.17. The van der Waals surface area contributed by atoms with Crippen LogP contribution in [0.2, 0.25) is 0 Å². The van der Waals surface area contributed by atoms with Crippen molar-refractivity contribution in [3.63, 3.8) is 0 Å². The number of hydrogen-bond acceptors (Lipinski definition) is 3. The maximum Gasteiger partial charge on any atom is 0.416 e. The van der Waals surface area contributed by atoms with Crippen LogP contribution in [0.3, 0.4) is 0 Å². The van der Waals surface area contributed by atoms with Crippen molar-refractivity contribution in [2.75, 3.05) is 6.54 Å². The molecule has 9 heteroatoms. The molecule has 0 aliphatic carbocycles. The van der Waals surface area contributed by atoms with Crippen molar-refractivity contribution in [3.8, 4) is 0 Å². The molecule has 1 amide bonds. The van der Waals surface area contributed by atoms with E-state index in [0.29, 0.717) is 5.56 Å². The van der Waals surface area contributed by atoms with Crippen molar-refractivity contribution in [2.45, 2.75) is 12.7 Å². The molecule has 0 fully saturated rings. The van der Waals surface area contributed by atoms with E-state index in [1.54, 1.807) is 7.05 Å². The highest BCUT2D eigenvalue weighted by Gasteiger charge is 2.30. The molecular weight excluding hydrogens is 327 g/mol. The molecule has 24 heavy (non-hydrogen) atoms. The fraction of sp³-hybridized carbons (Fsp3) is 0.267. The summed E-state index contributed by atoms with van der Waals surface area (Å²) in [5.41, 5.74) is -0.369.